The second kappa shape index (κ2) is 3.34. The maximum Gasteiger partial charge on any atom is 0.212 e. The fourth-order valence-electron chi connectivity index (χ4n) is 2.04. The van der Waals surface area contributed by atoms with Crippen LogP contribution in [0.25, 0.3) is 5.13 Å². The van der Waals surface area contributed by atoms with Gasteiger partial charge >= 0.3 is 0 Å². The minimum Gasteiger partial charge on any atom is -0.383 e. The third-order valence-corrected chi connectivity index (χ3v) is 3.54. The van der Waals surface area contributed by atoms with Crippen molar-refractivity contribution >= 4 is 17.2 Å². The van der Waals surface area contributed by atoms with E-state index in [1.807, 2.05) is 5.38 Å². The fourth-order valence-corrected chi connectivity index (χ4v) is 2.65. The van der Waals surface area contributed by atoms with E-state index in [0.29, 0.717) is 0 Å². The fraction of sp³-hybridized carbons (Fsp3) is 0.400. The molecule has 15 heavy (non-hydrogen) atoms. The highest BCUT2D eigenvalue weighted by Crippen LogP contribution is 2.28. The van der Waals surface area contributed by atoms with E-state index in [1.165, 1.54) is 18.4 Å². The molecule has 3 rings (SSSR count). The van der Waals surface area contributed by atoms with Crippen LogP contribution in [-0.4, -0.2) is 14.8 Å². The first-order chi connectivity index (χ1) is 7.36. The molecule has 0 aliphatic heterocycles. The van der Waals surface area contributed by atoms with E-state index >= 15 is 0 Å². The Bertz CT molecular complexity index is 472. The topological polar surface area (TPSA) is 56.7 Å². The summed E-state index contributed by atoms with van der Waals surface area (Å²) in [7, 11) is 0. The second-order valence-corrected chi connectivity index (χ2v) is 4.62. The number of hydrogen-bond donors (Lipinski definition) is 1. The van der Waals surface area contributed by atoms with Gasteiger partial charge in [-0.05, 0) is 25.7 Å². The lowest BCUT2D eigenvalue weighted by atomic mass is 9.98. The first-order valence-electron chi connectivity index (χ1n) is 5.12. The van der Waals surface area contributed by atoms with E-state index < -0.39 is 0 Å². The van der Waals surface area contributed by atoms with E-state index in [4.69, 9.17) is 5.73 Å². The van der Waals surface area contributed by atoms with Gasteiger partial charge in [0.1, 0.15) is 5.82 Å². The summed E-state index contributed by atoms with van der Waals surface area (Å²) in [6, 6.07) is 0. The predicted molar refractivity (Wildman–Crippen MR) is 60.3 cm³/mol. The summed E-state index contributed by atoms with van der Waals surface area (Å²) in [5.41, 5.74) is 8.48. The number of aryl methyl sites for hydroxylation is 1. The number of nitrogens with zero attached hydrogens (tertiary/aromatic N) is 3. The van der Waals surface area contributed by atoms with Crippen LogP contribution in [-0.2, 0) is 12.8 Å². The van der Waals surface area contributed by atoms with Gasteiger partial charge in [0.25, 0.3) is 0 Å². The molecule has 0 fully saturated rings. The molecule has 2 heterocycles. The Kier molecular flexibility index (Phi) is 1.98. The van der Waals surface area contributed by atoms with Gasteiger partial charge in [0.05, 0.1) is 5.69 Å². The molecule has 78 valence electrons. The van der Waals surface area contributed by atoms with Crippen LogP contribution in [0.5, 0.6) is 0 Å². The summed E-state index contributed by atoms with van der Waals surface area (Å²) in [5, 5.41) is 7.34. The Morgan fingerprint density at radius 3 is 2.93 bits per heavy atom. The molecule has 0 saturated carbocycles. The standard InChI is InChI=1S/C10H12N4S/c11-9-7-3-1-2-4-8(7)13-14(9)10-12-5-6-15-10/h5-6H,1-4,11H2. The number of anilines is 1. The molecule has 0 saturated heterocycles. The largest absolute Gasteiger partial charge is 0.383 e. The van der Waals surface area contributed by atoms with Crippen LogP contribution >= 0.6 is 11.3 Å². The third-order valence-electron chi connectivity index (χ3n) is 2.80. The molecule has 1 aliphatic carbocycles. The second-order valence-electron chi connectivity index (χ2n) is 3.74. The van der Waals surface area contributed by atoms with Crippen LogP contribution in [0.4, 0.5) is 5.82 Å². The van der Waals surface area contributed by atoms with Crippen LogP contribution in [0.3, 0.4) is 0 Å². The van der Waals surface area contributed by atoms with Crippen molar-refractivity contribution in [3.63, 3.8) is 0 Å². The zero-order chi connectivity index (χ0) is 10.3. The molecular weight excluding hydrogens is 208 g/mol. The van der Waals surface area contributed by atoms with Crippen LogP contribution in [0, 0.1) is 0 Å². The molecule has 4 nitrogen and oxygen atoms in total. The maximum absolute atomic E-state index is 6.08. The van der Waals surface area contributed by atoms with Gasteiger partial charge in [-0.3, -0.25) is 0 Å². The van der Waals surface area contributed by atoms with Crippen molar-refractivity contribution < 1.29 is 0 Å². The molecule has 0 amide bonds. The number of hydrogen-bond acceptors (Lipinski definition) is 4. The quantitative estimate of drug-likeness (QED) is 0.797. The van der Waals surface area contributed by atoms with Crippen LogP contribution in [0.15, 0.2) is 11.6 Å². The van der Waals surface area contributed by atoms with Gasteiger partial charge in [0.15, 0.2) is 0 Å². The number of nitrogen functional groups attached to an aromatic ring is 1. The van der Waals surface area contributed by atoms with Gasteiger partial charge in [-0.25, -0.2) is 4.98 Å². The lowest BCUT2D eigenvalue weighted by Crippen LogP contribution is -2.03. The summed E-state index contributed by atoms with van der Waals surface area (Å²) in [5.74, 6) is 0.777. The number of nitrogens with two attached hydrogens (primary N) is 1. The van der Waals surface area contributed by atoms with Crippen molar-refractivity contribution in [2.24, 2.45) is 0 Å². The summed E-state index contributed by atoms with van der Waals surface area (Å²) in [6.45, 7) is 0. The Morgan fingerprint density at radius 1 is 1.33 bits per heavy atom. The van der Waals surface area contributed by atoms with Crippen LogP contribution in [0.2, 0.25) is 0 Å². The first-order valence-corrected chi connectivity index (χ1v) is 6.00. The highest BCUT2D eigenvalue weighted by Gasteiger charge is 2.19. The molecule has 2 aromatic heterocycles. The van der Waals surface area contributed by atoms with Crippen molar-refractivity contribution in [1.82, 2.24) is 14.8 Å². The average Bonchev–Trinajstić information content (AvgIpc) is 2.87. The predicted octanol–water partition coefficient (Wildman–Crippen LogP) is 1.79. The van der Waals surface area contributed by atoms with Crippen molar-refractivity contribution in [1.29, 1.82) is 0 Å². The third kappa shape index (κ3) is 1.34. The van der Waals surface area contributed by atoms with E-state index in [9.17, 15) is 0 Å². The van der Waals surface area contributed by atoms with Crippen molar-refractivity contribution in [3.05, 3.63) is 22.8 Å². The normalized spacial score (nSPS) is 15.2. The molecule has 0 unspecified atom stereocenters. The van der Waals surface area contributed by atoms with Crippen molar-refractivity contribution in [2.45, 2.75) is 25.7 Å². The highest BCUT2D eigenvalue weighted by molar-refractivity contribution is 7.12. The lowest BCUT2D eigenvalue weighted by molar-refractivity contribution is 0.671. The van der Waals surface area contributed by atoms with E-state index in [2.05, 4.69) is 10.1 Å². The van der Waals surface area contributed by atoms with E-state index in [0.717, 1.165) is 29.5 Å². The van der Waals surface area contributed by atoms with Gasteiger partial charge in [0, 0.05) is 17.1 Å². The van der Waals surface area contributed by atoms with E-state index in [-0.39, 0.29) is 0 Å². The molecular formula is C10H12N4S. The molecule has 0 bridgehead atoms. The zero-order valence-electron chi connectivity index (χ0n) is 8.31. The number of rotatable bonds is 1. The number of thiazole rings is 1. The summed E-state index contributed by atoms with van der Waals surface area (Å²) in [4.78, 5) is 4.23. The van der Waals surface area contributed by atoms with Crippen molar-refractivity contribution in [2.75, 3.05) is 5.73 Å². The molecule has 0 atom stereocenters. The first kappa shape index (κ1) is 8.91. The monoisotopic (exact) mass is 220 g/mol. The van der Waals surface area contributed by atoms with Crippen molar-refractivity contribution in [3.8, 4) is 5.13 Å². The minimum absolute atomic E-state index is 0.777. The molecule has 0 radical (unpaired) electrons. The Hall–Kier alpha value is -1.36. The summed E-state index contributed by atoms with van der Waals surface area (Å²) >= 11 is 1.56. The average molecular weight is 220 g/mol. The minimum atomic E-state index is 0.777. The molecule has 2 aromatic rings. The van der Waals surface area contributed by atoms with Gasteiger partial charge in [-0.15, -0.1) is 11.3 Å². The summed E-state index contributed by atoms with van der Waals surface area (Å²) < 4.78 is 1.78. The van der Waals surface area contributed by atoms with Crippen LogP contribution < -0.4 is 5.73 Å². The number of aromatic nitrogens is 3. The molecule has 2 N–H and O–H groups in total. The van der Waals surface area contributed by atoms with Gasteiger partial charge in [-0.1, -0.05) is 0 Å². The smallest absolute Gasteiger partial charge is 0.212 e. The molecule has 0 aromatic carbocycles. The Morgan fingerprint density at radius 2 is 2.20 bits per heavy atom. The van der Waals surface area contributed by atoms with Gasteiger partial charge in [0.2, 0.25) is 5.13 Å². The Balaban J connectivity index is 2.13. The Labute approximate surface area is 91.7 Å². The molecule has 5 heteroatoms. The van der Waals surface area contributed by atoms with E-state index in [1.54, 1.807) is 22.2 Å². The van der Waals surface area contributed by atoms with Gasteiger partial charge < -0.3 is 5.73 Å². The molecule has 1 aliphatic rings. The SMILES string of the molecule is Nc1c2c(nn1-c1nccs1)CCCC2. The molecule has 0 spiro atoms. The van der Waals surface area contributed by atoms with Crippen LogP contribution in [0.1, 0.15) is 24.1 Å². The highest BCUT2D eigenvalue weighted by atomic mass is 32.1. The summed E-state index contributed by atoms with van der Waals surface area (Å²) in [6.07, 6.45) is 6.34. The lowest BCUT2D eigenvalue weighted by Gasteiger charge is -2.08. The van der Waals surface area contributed by atoms with Gasteiger partial charge in [-0.2, -0.15) is 9.78 Å². The maximum atomic E-state index is 6.08. The number of fused-ring (bicyclic) bond motifs is 1. The zero-order valence-corrected chi connectivity index (χ0v) is 9.13.